The maximum Gasteiger partial charge on any atom is 0.0931 e. The molecule has 1 atom stereocenters. The van der Waals surface area contributed by atoms with Crippen LogP contribution < -0.4 is 5.73 Å². The van der Waals surface area contributed by atoms with Gasteiger partial charge in [-0.15, -0.1) is 11.3 Å². The number of likely N-dealkylation sites (N-methyl/N-ethyl adjacent to an activating group) is 1. The molecule has 1 unspecified atom stereocenters. The number of thiophene rings is 1. The van der Waals surface area contributed by atoms with E-state index in [1.54, 1.807) is 17.5 Å². The van der Waals surface area contributed by atoms with Gasteiger partial charge in [-0.2, -0.15) is 0 Å². The summed E-state index contributed by atoms with van der Waals surface area (Å²) in [7, 11) is 2.07. The van der Waals surface area contributed by atoms with Gasteiger partial charge in [0, 0.05) is 30.4 Å². The molecule has 2 aromatic rings. The van der Waals surface area contributed by atoms with Crippen molar-refractivity contribution < 1.29 is 0 Å². The van der Waals surface area contributed by atoms with E-state index in [0.29, 0.717) is 6.54 Å². The fraction of sp³-hybridized carbons (Fsp3) is 0.308. The molecule has 18 heavy (non-hydrogen) atoms. The average Bonchev–Trinajstić information content (AvgIpc) is 2.78. The largest absolute Gasteiger partial charge is 0.329 e. The SMILES string of the molecule is CN(Cc1cccnc1)C(CN)c1ccc(Cl)s1. The quantitative estimate of drug-likeness (QED) is 0.916. The summed E-state index contributed by atoms with van der Waals surface area (Å²) < 4.78 is 0.804. The van der Waals surface area contributed by atoms with E-state index in [0.717, 1.165) is 10.9 Å². The van der Waals surface area contributed by atoms with Crippen LogP contribution >= 0.6 is 22.9 Å². The zero-order valence-electron chi connectivity index (χ0n) is 10.2. The first-order chi connectivity index (χ1) is 8.70. The van der Waals surface area contributed by atoms with Crippen molar-refractivity contribution >= 4 is 22.9 Å². The van der Waals surface area contributed by atoms with Crippen LogP contribution in [0.3, 0.4) is 0 Å². The van der Waals surface area contributed by atoms with E-state index in [4.69, 9.17) is 17.3 Å². The Kier molecular flexibility index (Phi) is 4.72. The number of pyridine rings is 1. The maximum absolute atomic E-state index is 5.98. The van der Waals surface area contributed by atoms with Gasteiger partial charge in [-0.05, 0) is 30.8 Å². The van der Waals surface area contributed by atoms with Crippen LogP contribution in [-0.2, 0) is 6.54 Å². The van der Waals surface area contributed by atoms with Crippen molar-refractivity contribution in [2.45, 2.75) is 12.6 Å². The summed E-state index contributed by atoms with van der Waals surface area (Å²) in [6.07, 6.45) is 3.66. The highest BCUT2D eigenvalue weighted by Gasteiger charge is 2.17. The van der Waals surface area contributed by atoms with Gasteiger partial charge in [0.05, 0.1) is 10.4 Å². The second-order valence-electron chi connectivity index (χ2n) is 4.17. The van der Waals surface area contributed by atoms with Gasteiger partial charge < -0.3 is 5.73 Å². The normalized spacial score (nSPS) is 12.9. The first kappa shape index (κ1) is 13.5. The van der Waals surface area contributed by atoms with Crippen molar-refractivity contribution in [2.75, 3.05) is 13.6 Å². The maximum atomic E-state index is 5.98. The third-order valence-electron chi connectivity index (χ3n) is 2.83. The van der Waals surface area contributed by atoms with Crippen LogP contribution in [0.5, 0.6) is 0 Å². The third kappa shape index (κ3) is 3.29. The third-order valence-corrected chi connectivity index (χ3v) is 4.16. The van der Waals surface area contributed by atoms with Gasteiger partial charge >= 0.3 is 0 Å². The van der Waals surface area contributed by atoms with Crippen LogP contribution in [0.4, 0.5) is 0 Å². The molecule has 2 aromatic heterocycles. The van der Waals surface area contributed by atoms with E-state index in [1.165, 1.54) is 10.4 Å². The summed E-state index contributed by atoms with van der Waals surface area (Å²) in [5.41, 5.74) is 7.06. The highest BCUT2D eigenvalue weighted by atomic mass is 35.5. The Bertz CT molecular complexity index is 486. The number of nitrogens with two attached hydrogens (primary N) is 1. The first-order valence-corrected chi connectivity index (χ1v) is 6.94. The molecule has 2 heterocycles. The number of hydrogen-bond donors (Lipinski definition) is 1. The molecule has 5 heteroatoms. The number of aromatic nitrogens is 1. The molecule has 3 nitrogen and oxygen atoms in total. The topological polar surface area (TPSA) is 42.2 Å². The molecule has 0 spiro atoms. The molecule has 0 aromatic carbocycles. The lowest BCUT2D eigenvalue weighted by atomic mass is 10.2. The van der Waals surface area contributed by atoms with Crippen LogP contribution in [0.2, 0.25) is 4.34 Å². The zero-order chi connectivity index (χ0) is 13.0. The van der Waals surface area contributed by atoms with Crippen LogP contribution in [0.1, 0.15) is 16.5 Å². The highest BCUT2D eigenvalue weighted by Crippen LogP contribution is 2.29. The van der Waals surface area contributed by atoms with Gasteiger partial charge in [0.15, 0.2) is 0 Å². The molecular weight excluding hydrogens is 266 g/mol. The predicted octanol–water partition coefficient (Wildman–Crippen LogP) is 2.93. The van der Waals surface area contributed by atoms with Crippen molar-refractivity contribution in [3.63, 3.8) is 0 Å². The van der Waals surface area contributed by atoms with E-state index in [9.17, 15) is 0 Å². The number of rotatable bonds is 5. The fourth-order valence-corrected chi connectivity index (χ4v) is 3.15. The molecule has 2 N–H and O–H groups in total. The summed E-state index contributed by atoms with van der Waals surface area (Å²) in [5, 5.41) is 0. The summed E-state index contributed by atoms with van der Waals surface area (Å²) in [5.74, 6) is 0. The lowest BCUT2D eigenvalue weighted by molar-refractivity contribution is 0.245. The zero-order valence-corrected chi connectivity index (χ0v) is 11.8. The van der Waals surface area contributed by atoms with Gasteiger partial charge in [0.25, 0.3) is 0 Å². The smallest absolute Gasteiger partial charge is 0.0931 e. The van der Waals surface area contributed by atoms with Gasteiger partial charge in [-0.3, -0.25) is 9.88 Å². The Hall–Kier alpha value is -0.940. The molecular formula is C13H16ClN3S. The van der Waals surface area contributed by atoms with E-state index in [-0.39, 0.29) is 6.04 Å². The van der Waals surface area contributed by atoms with E-state index in [1.807, 2.05) is 24.4 Å². The molecule has 0 aliphatic heterocycles. The summed E-state index contributed by atoms with van der Waals surface area (Å²) in [6, 6.07) is 8.18. The summed E-state index contributed by atoms with van der Waals surface area (Å²) in [4.78, 5) is 7.55. The van der Waals surface area contributed by atoms with Crippen LogP contribution in [0.15, 0.2) is 36.7 Å². The number of nitrogens with zero attached hydrogens (tertiary/aromatic N) is 2. The minimum atomic E-state index is 0.197. The molecule has 96 valence electrons. The Morgan fingerprint density at radius 3 is 2.83 bits per heavy atom. The number of halogens is 1. The molecule has 0 amide bonds. The lowest BCUT2D eigenvalue weighted by Gasteiger charge is -2.25. The lowest BCUT2D eigenvalue weighted by Crippen LogP contribution is -2.29. The van der Waals surface area contributed by atoms with E-state index < -0.39 is 0 Å². The van der Waals surface area contributed by atoms with Crippen molar-refractivity contribution in [1.29, 1.82) is 0 Å². The van der Waals surface area contributed by atoms with Gasteiger partial charge in [-0.25, -0.2) is 0 Å². The molecule has 0 aliphatic carbocycles. The first-order valence-electron chi connectivity index (χ1n) is 5.75. The van der Waals surface area contributed by atoms with Crippen LogP contribution in [0.25, 0.3) is 0 Å². The van der Waals surface area contributed by atoms with Crippen molar-refractivity contribution in [2.24, 2.45) is 5.73 Å². The van der Waals surface area contributed by atoms with Crippen molar-refractivity contribution in [1.82, 2.24) is 9.88 Å². The van der Waals surface area contributed by atoms with Crippen LogP contribution in [0, 0.1) is 0 Å². The van der Waals surface area contributed by atoms with E-state index >= 15 is 0 Å². The minimum Gasteiger partial charge on any atom is -0.329 e. The second kappa shape index (κ2) is 6.29. The highest BCUT2D eigenvalue weighted by molar-refractivity contribution is 7.16. The Morgan fingerprint density at radius 1 is 1.44 bits per heavy atom. The summed E-state index contributed by atoms with van der Waals surface area (Å²) >= 11 is 7.56. The molecule has 2 rings (SSSR count). The van der Waals surface area contributed by atoms with Crippen LogP contribution in [-0.4, -0.2) is 23.5 Å². The second-order valence-corrected chi connectivity index (χ2v) is 5.92. The summed E-state index contributed by atoms with van der Waals surface area (Å²) in [6.45, 7) is 1.40. The molecule has 0 saturated heterocycles. The molecule has 0 radical (unpaired) electrons. The minimum absolute atomic E-state index is 0.197. The monoisotopic (exact) mass is 281 g/mol. The molecule has 0 aliphatic rings. The van der Waals surface area contributed by atoms with Crippen molar-refractivity contribution in [3.8, 4) is 0 Å². The van der Waals surface area contributed by atoms with Gasteiger partial charge in [-0.1, -0.05) is 17.7 Å². The Labute approximate surface area is 116 Å². The predicted molar refractivity (Wildman–Crippen MR) is 76.8 cm³/mol. The Balaban J connectivity index is 2.08. The average molecular weight is 282 g/mol. The standard InChI is InChI=1S/C13H16ClN3S/c1-17(9-10-3-2-6-16-8-10)11(7-15)12-4-5-13(14)18-12/h2-6,8,11H,7,9,15H2,1H3. The number of hydrogen-bond acceptors (Lipinski definition) is 4. The van der Waals surface area contributed by atoms with Gasteiger partial charge in [0.1, 0.15) is 0 Å². The van der Waals surface area contributed by atoms with E-state index in [2.05, 4.69) is 23.0 Å². The molecule has 0 saturated carbocycles. The molecule has 0 bridgehead atoms. The van der Waals surface area contributed by atoms with Gasteiger partial charge in [0.2, 0.25) is 0 Å². The van der Waals surface area contributed by atoms with Crippen molar-refractivity contribution in [3.05, 3.63) is 51.4 Å². The Morgan fingerprint density at radius 2 is 2.28 bits per heavy atom. The fourth-order valence-electron chi connectivity index (χ4n) is 1.91. The molecule has 0 fully saturated rings.